The molecule has 0 unspecified atom stereocenters. The molecule has 0 aliphatic rings. The number of aryl methyl sites for hydroxylation is 1. The van der Waals surface area contributed by atoms with Crippen LogP contribution in [0, 0.1) is 6.92 Å². The molecular weight excluding hydrogens is 330 g/mol. The van der Waals surface area contributed by atoms with Crippen LogP contribution in [0.4, 0.5) is 5.69 Å². The number of carboxylic acid groups (broad SMARTS) is 1. The van der Waals surface area contributed by atoms with Crippen LogP contribution in [-0.4, -0.2) is 30.5 Å². The fourth-order valence-electron chi connectivity index (χ4n) is 1.98. The number of halogens is 1. The van der Waals surface area contributed by atoms with Crippen molar-refractivity contribution < 1.29 is 19.4 Å². The first-order chi connectivity index (χ1) is 11.5. The molecule has 0 aliphatic heterocycles. The molecule has 1 N–H and O–H groups in total. The molecule has 5 nitrogen and oxygen atoms in total. The SMILES string of the molecule is CCOc1cc(C=Nc2ccc(C)cc2)cc(Cl)c1OCC(=O)O. The minimum atomic E-state index is -1.08. The van der Waals surface area contributed by atoms with Gasteiger partial charge in [0.25, 0.3) is 0 Å². The zero-order valence-electron chi connectivity index (χ0n) is 13.5. The van der Waals surface area contributed by atoms with Crippen molar-refractivity contribution in [3.05, 3.63) is 52.5 Å². The van der Waals surface area contributed by atoms with Gasteiger partial charge in [-0.25, -0.2) is 4.79 Å². The average molecular weight is 348 g/mol. The Morgan fingerprint density at radius 2 is 1.96 bits per heavy atom. The van der Waals surface area contributed by atoms with Crippen LogP contribution in [-0.2, 0) is 4.79 Å². The number of hydrogen-bond donors (Lipinski definition) is 1. The summed E-state index contributed by atoms with van der Waals surface area (Å²) < 4.78 is 10.7. The molecule has 0 aromatic heterocycles. The molecule has 0 saturated carbocycles. The van der Waals surface area contributed by atoms with Crippen molar-refractivity contribution in [2.24, 2.45) is 4.99 Å². The van der Waals surface area contributed by atoms with Gasteiger partial charge in [-0.15, -0.1) is 0 Å². The largest absolute Gasteiger partial charge is 0.490 e. The molecule has 0 aliphatic carbocycles. The summed E-state index contributed by atoms with van der Waals surface area (Å²) in [5.41, 5.74) is 2.71. The third-order valence-electron chi connectivity index (χ3n) is 3.07. The summed E-state index contributed by atoms with van der Waals surface area (Å²) in [5.74, 6) is -0.483. The minimum absolute atomic E-state index is 0.216. The minimum Gasteiger partial charge on any atom is -0.490 e. The summed E-state index contributed by atoms with van der Waals surface area (Å²) in [7, 11) is 0. The maximum Gasteiger partial charge on any atom is 0.341 e. The fraction of sp³-hybridized carbons (Fsp3) is 0.222. The predicted octanol–water partition coefficient (Wildman–Crippen LogP) is 4.26. The molecule has 0 spiro atoms. The van der Waals surface area contributed by atoms with Crippen LogP contribution in [0.3, 0.4) is 0 Å². The van der Waals surface area contributed by atoms with Crippen molar-refractivity contribution in [3.8, 4) is 11.5 Å². The third-order valence-corrected chi connectivity index (χ3v) is 3.35. The van der Waals surface area contributed by atoms with E-state index >= 15 is 0 Å². The highest BCUT2D eigenvalue weighted by atomic mass is 35.5. The third kappa shape index (κ3) is 4.99. The first-order valence-electron chi connectivity index (χ1n) is 7.41. The molecule has 2 aromatic rings. The van der Waals surface area contributed by atoms with Crippen molar-refractivity contribution in [1.29, 1.82) is 0 Å². The molecule has 0 saturated heterocycles. The number of carboxylic acids is 1. The van der Waals surface area contributed by atoms with E-state index in [4.69, 9.17) is 26.2 Å². The lowest BCUT2D eigenvalue weighted by atomic mass is 10.2. The summed E-state index contributed by atoms with van der Waals surface area (Å²) in [5, 5.41) is 9.01. The lowest BCUT2D eigenvalue weighted by Gasteiger charge is -2.13. The summed E-state index contributed by atoms with van der Waals surface area (Å²) in [6.07, 6.45) is 1.67. The second-order valence-corrected chi connectivity index (χ2v) is 5.45. The standard InChI is InChI=1S/C18H18ClNO4/c1-3-23-16-9-13(8-15(19)18(16)24-11-17(21)22)10-20-14-6-4-12(2)5-7-14/h4-10H,3,11H2,1-2H3,(H,21,22). The Balaban J connectivity index is 2.27. The Hall–Kier alpha value is -2.53. The lowest BCUT2D eigenvalue weighted by molar-refractivity contribution is -0.139. The van der Waals surface area contributed by atoms with Gasteiger partial charge in [0, 0.05) is 6.21 Å². The van der Waals surface area contributed by atoms with E-state index in [0.29, 0.717) is 12.4 Å². The van der Waals surface area contributed by atoms with Crippen LogP contribution in [0.25, 0.3) is 0 Å². The van der Waals surface area contributed by atoms with Gasteiger partial charge in [0.15, 0.2) is 18.1 Å². The Morgan fingerprint density at radius 3 is 2.58 bits per heavy atom. The van der Waals surface area contributed by atoms with E-state index < -0.39 is 12.6 Å². The molecule has 0 heterocycles. The first-order valence-corrected chi connectivity index (χ1v) is 7.79. The Labute approximate surface area is 145 Å². The number of hydrogen-bond acceptors (Lipinski definition) is 4. The highest BCUT2D eigenvalue weighted by molar-refractivity contribution is 6.32. The molecule has 126 valence electrons. The van der Waals surface area contributed by atoms with Crippen molar-refractivity contribution in [3.63, 3.8) is 0 Å². The van der Waals surface area contributed by atoms with Gasteiger partial charge in [0.2, 0.25) is 0 Å². The number of benzene rings is 2. The number of aliphatic carboxylic acids is 1. The van der Waals surface area contributed by atoms with Gasteiger partial charge >= 0.3 is 5.97 Å². The number of nitrogens with zero attached hydrogens (tertiary/aromatic N) is 1. The molecule has 0 atom stereocenters. The molecular formula is C18H18ClNO4. The molecule has 0 radical (unpaired) electrons. The van der Waals surface area contributed by atoms with Crippen molar-refractivity contribution in [1.82, 2.24) is 0 Å². The topological polar surface area (TPSA) is 68.1 Å². The van der Waals surface area contributed by atoms with E-state index in [-0.39, 0.29) is 10.8 Å². The van der Waals surface area contributed by atoms with Crippen LogP contribution in [0.5, 0.6) is 11.5 Å². The summed E-state index contributed by atoms with van der Waals surface area (Å²) in [4.78, 5) is 15.1. The van der Waals surface area contributed by atoms with Gasteiger partial charge in [-0.1, -0.05) is 29.3 Å². The molecule has 24 heavy (non-hydrogen) atoms. The first kappa shape index (κ1) is 17.8. The van der Waals surface area contributed by atoms with Crippen molar-refractivity contribution >= 4 is 29.5 Å². The molecule has 0 bridgehead atoms. The number of ether oxygens (including phenoxy) is 2. The number of rotatable bonds is 7. The summed E-state index contributed by atoms with van der Waals surface area (Å²) in [6.45, 7) is 3.74. The smallest absolute Gasteiger partial charge is 0.341 e. The van der Waals surface area contributed by atoms with E-state index in [2.05, 4.69) is 4.99 Å². The van der Waals surface area contributed by atoms with Gasteiger partial charge in [-0.3, -0.25) is 4.99 Å². The number of carbonyl (C=O) groups is 1. The van der Waals surface area contributed by atoms with E-state index in [1.165, 1.54) is 0 Å². The van der Waals surface area contributed by atoms with E-state index in [1.54, 1.807) is 18.3 Å². The van der Waals surface area contributed by atoms with Gasteiger partial charge < -0.3 is 14.6 Å². The molecule has 2 rings (SSSR count). The second kappa shape index (κ2) is 8.36. The Kier molecular flexibility index (Phi) is 6.21. The van der Waals surface area contributed by atoms with Crippen molar-refractivity contribution in [2.45, 2.75) is 13.8 Å². The van der Waals surface area contributed by atoms with Crippen LogP contribution >= 0.6 is 11.6 Å². The molecule has 6 heteroatoms. The maximum atomic E-state index is 10.7. The van der Waals surface area contributed by atoms with E-state index in [1.807, 2.05) is 38.1 Å². The van der Waals surface area contributed by atoms with Crippen molar-refractivity contribution in [2.75, 3.05) is 13.2 Å². The quantitative estimate of drug-likeness (QED) is 0.760. The van der Waals surface area contributed by atoms with Crippen LogP contribution in [0.1, 0.15) is 18.1 Å². The van der Waals surface area contributed by atoms with E-state index in [9.17, 15) is 4.79 Å². The zero-order valence-corrected chi connectivity index (χ0v) is 14.2. The predicted molar refractivity (Wildman–Crippen MR) is 94.2 cm³/mol. The molecule has 0 fully saturated rings. The highest BCUT2D eigenvalue weighted by Crippen LogP contribution is 2.36. The molecule has 0 amide bonds. The van der Waals surface area contributed by atoms with Gasteiger partial charge in [0.05, 0.1) is 17.3 Å². The Bertz CT molecular complexity index is 741. The average Bonchev–Trinajstić information content (AvgIpc) is 2.53. The highest BCUT2D eigenvalue weighted by Gasteiger charge is 2.13. The van der Waals surface area contributed by atoms with Crippen LogP contribution in [0.2, 0.25) is 5.02 Å². The fourth-order valence-corrected chi connectivity index (χ4v) is 2.25. The number of aliphatic imine (C=N–C) groups is 1. The van der Waals surface area contributed by atoms with Gasteiger partial charge in [-0.2, -0.15) is 0 Å². The summed E-state index contributed by atoms with van der Waals surface area (Å²) >= 11 is 6.20. The van der Waals surface area contributed by atoms with Crippen LogP contribution < -0.4 is 9.47 Å². The molecule has 2 aromatic carbocycles. The summed E-state index contributed by atoms with van der Waals surface area (Å²) in [6, 6.07) is 11.2. The Morgan fingerprint density at radius 1 is 1.25 bits per heavy atom. The van der Waals surface area contributed by atoms with Gasteiger partial charge in [0.1, 0.15) is 0 Å². The van der Waals surface area contributed by atoms with Gasteiger partial charge in [-0.05, 0) is 43.7 Å². The second-order valence-electron chi connectivity index (χ2n) is 5.04. The monoisotopic (exact) mass is 347 g/mol. The lowest BCUT2D eigenvalue weighted by Crippen LogP contribution is -2.11. The van der Waals surface area contributed by atoms with Crippen LogP contribution in [0.15, 0.2) is 41.4 Å². The normalized spacial score (nSPS) is 10.8. The van der Waals surface area contributed by atoms with E-state index in [0.717, 1.165) is 16.8 Å². The zero-order chi connectivity index (χ0) is 17.5. The maximum absolute atomic E-state index is 10.7.